The summed E-state index contributed by atoms with van der Waals surface area (Å²) in [4.78, 5) is 9.00. The van der Waals surface area contributed by atoms with E-state index in [-0.39, 0.29) is 24.0 Å². The summed E-state index contributed by atoms with van der Waals surface area (Å²) in [5, 5.41) is 3.45. The molecule has 6 nitrogen and oxygen atoms in total. The molecule has 2 aliphatic rings. The first-order chi connectivity index (χ1) is 14.0. The van der Waals surface area contributed by atoms with Crippen LogP contribution in [0.4, 0.5) is 0 Å². The lowest BCUT2D eigenvalue weighted by atomic mass is 10.1. The molecule has 1 saturated carbocycles. The Hall–Kier alpha value is -0.900. The van der Waals surface area contributed by atoms with E-state index < -0.39 is 0 Å². The molecule has 2 atom stereocenters. The number of guanidine groups is 1. The number of hydrogen-bond donors (Lipinski definition) is 1. The summed E-state index contributed by atoms with van der Waals surface area (Å²) in [6.07, 6.45) is 3.29. The molecule has 2 fully saturated rings. The van der Waals surface area contributed by atoms with Crippen LogP contribution in [-0.2, 0) is 22.6 Å². The van der Waals surface area contributed by atoms with Crippen molar-refractivity contribution >= 4 is 29.9 Å². The van der Waals surface area contributed by atoms with Crippen LogP contribution in [0.2, 0.25) is 0 Å². The lowest BCUT2D eigenvalue weighted by Gasteiger charge is -2.35. The Kier molecular flexibility index (Phi) is 10.8. The highest BCUT2D eigenvalue weighted by atomic mass is 127. The molecule has 0 bridgehead atoms. The van der Waals surface area contributed by atoms with E-state index >= 15 is 0 Å². The summed E-state index contributed by atoms with van der Waals surface area (Å²) in [6.45, 7) is 10.6. The minimum Gasteiger partial charge on any atom is -0.379 e. The molecule has 0 radical (unpaired) electrons. The molecule has 30 heavy (non-hydrogen) atoms. The van der Waals surface area contributed by atoms with Crippen LogP contribution in [0.1, 0.15) is 37.8 Å². The van der Waals surface area contributed by atoms with Gasteiger partial charge in [0.25, 0.3) is 0 Å². The van der Waals surface area contributed by atoms with Crippen molar-refractivity contribution in [2.24, 2.45) is 10.9 Å². The van der Waals surface area contributed by atoms with E-state index in [0.29, 0.717) is 12.2 Å². The highest BCUT2D eigenvalue weighted by molar-refractivity contribution is 14.0. The smallest absolute Gasteiger partial charge is 0.193 e. The second-order valence-corrected chi connectivity index (χ2v) is 8.61. The number of ether oxygens (including phenoxy) is 2. The van der Waals surface area contributed by atoms with Crippen molar-refractivity contribution < 1.29 is 9.47 Å². The third-order valence-corrected chi connectivity index (χ3v) is 5.57. The Bertz CT molecular complexity index is 641. The van der Waals surface area contributed by atoms with Crippen LogP contribution in [0.15, 0.2) is 29.3 Å². The molecule has 2 unspecified atom stereocenters. The Labute approximate surface area is 199 Å². The van der Waals surface area contributed by atoms with Gasteiger partial charge in [0, 0.05) is 53.4 Å². The van der Waals surface area contributed by atoms with Gasteiger partial charge in [-0.2, -0.15) is 0 Å². The molecular formula is C23H39IN4O2. The van der Waals surface area contributed by atoms with Gasteiger partial charge in [-0.15, -0.1) is 24.0 Å². The summed E-state index contributed by atoms with van der Waals surface area (Å²) in [5.41, 5.74) is 2.61. The molecule has 1 heterocycles. The number of nitrogens with one attached hydrogen (secondary N) is 1. The van der Waals surface area contributed by atoms with Crippen LogP contribution in [0, 0.1) is 5.92 Å². The van der Waals surface area contributed by atoms with Crippen LogP contribution >= 0.6 is 24.0 Å². The molecule has 1 N–H and O–H groups in total. The lowest BCUT2D eigenvalue weighted by Crippen LogP contribution is -2.44. The fraction of sp³-hybridized carbons (Fsp3) is 0.696. The van der Waals surface area contributed by atoms with E-state index in [1.165, 1.54) is 24.0 Å². The van der Waals surface area contributed by atoms with Crippen molar-refractivity contribution in [3.8, 4) is 0 Å². The van der Waals surface area contributed by atoms with Gasteiger partial charge in [-0.25, -0.2) is 0 Å². The predicted molar refractivity (Wildman–Crippen MR) is 134 cm³/mol. The van der Waals surface area contributed by atoms with Gasteiger partial charge in [0.05, 0.1) is 18.8 Å². The van der Waals surface area contributed by atoms with Crippen molar-refractivity contribution in [1.82, 2.24) is 15.1 Å². The maximum Gasteiger partial charge on any atom is 0.193 e. The number of hydrogen-bond acceptors (Lipinski definition) is 4. The van der Waals surface area contributed by atoms with Crippen LogP contribution < -0.4 is 5.32 Å². The molecule has 1 aliphatic carbocycles. The highest BCUT2D eigenvalue weighted by Crippen LogP contribution is 2.28. The van der Waals surface area contributed by atoms with Crippen LogP contribution in [0.5, 0.6) is 0 Å². The minimum atomic E-state index is 0. The number of aliphatic imine (C=N–C) groups is 1. The number of halogens is 1. The summed E-state index contributed by atoms with van der Waals surface area (Å²) in [6, 6.07) is 8.89. The number of rotatable bonds is 9. The molecule has 1 aliphatic heterocycles. The molecule has 0 aromatic heterocycles. The normalized spacial score (nSPS) is 22.5. The van der Waals surface area contributed by atoms with Crippen molar-refractivity contribution in [2.45, 2.75) is 52.0 Å². The van der Waals surface area contributed by atoms with Gasteiger partial charge in [-0.3, -0.25) is 9.89 Å². The zero-order valence-electron chi connectivity index (χ0n) is 19.0. The summed E-state index contributed by atoms with van der Waals surface area (Å²) in [5.74, 6) is 1.72. The van der Waals surface area contributed by atoms with Crippen molar-refractivity contribution in [1.29, 1.82) is 0 Å². The van der Waals surface area contributed by atoms with E-state index in [1.54, 1.807) is 0 Å². The number of likely N-dealkylation sites (N-methyl/N-ethyl adjacent to an activating group) is 1. The van der Waals surface area contributed by atoms with Gasteiger partial charge < -0.3 is 19.7 Å². The van der Waals surface area contributed by atoms with Crippen LogP contribution in [0.3, 0.4) is 0 Å². The Morgan fingerprint density at radius 2 is 1.80 bits per heavy atom. The van der Waals surface area contributed by atoms with E-state index in [9.17, 15) is 0 Å². The van der Waals surface area contributed by atoms with Gasteiger partial charge in [-0.05, 0) is 43.7 Å². The first kappa shape index (κ1) is 25.4. The quantitative estimate of drug-likeness (QED) is 0.230. The summed E-state index contributed by atoms with van der Waals surface area (Å²) in [7, 11) is 3.89. The van der Waals surface area contributed by atoms with Crippen molar-refractivity contribution in [2.75, 3.05) is 46.9 Å². The highest BCUT2D eigenvalue weighted by Gasteiger charge is 2.22. The average Bonchev–Trinajstić information content (AvgIpc) is 3.50. The molecule has 1 saturated heterocycles. The first-order valence-corrected chi connectivity index (χ1v) is 11.0. The molecule has 7 heteroatoms. The maximum absolute atomic E-state index is 5.83. The fourth-order valence-corrected chi connectivity index (χ4v) is 3.84. The summed E-state index contributed by atoms with van der Waals surface area (Å²) >= 11 is 0. The molecule has 1 aromatic carbocycles. The SMILES string of the molecule is CN=C(NCc1ccc(CN2CC(C)OC(C)C2)cc1)N(C)CCOCC1CC1.I. The van der Waals surface area contributed by atoms with Gasteiger partial charge in [0.15, 0.2) is 5.96 Å². The predicted octanol–water partition coefficient (Wildman–Crippen LogP) is 3.35. The van der Waals surface area contributed by atoms with E-state index in [0.717, 1.165) is 57.8 Å². The second-order valence-electron chi connectivity index (χ2n) is 8.61. The van der Waals surface area contributed by atoms with Gasteiger partial charge in [-0.1, -0.05) is 24.3 Å². The van der Waals surface area contributed by atoms with Gasteiger partial charge >= 0.3 is 0 Å². The van der Waals surface area contributed by atoms with Crippen molar-refractivity contribution in [3.05, 3.63) is 35.4 Å². The average molecular weight is 530 g/mol. The Morgan fingerprint density at radius 1 is 1.17 bits per heavy atom. The Balaban J connectivity index is 0.00000320. The molecule has 1 aromatic rings. The van der Waals surface area contributed by atoms with E-state index in [2.05, 4.69) is 65.3 Å². The minimum absolute atomic E-state index is 0. The fourth-order valence-electron chi connectivity index (χ4n) is 3.84. The van der Waals surface area contributed by atoms with Crippen LogP contribution in [-0.4, -0.2) is 74.9 Å². The first-order valence-electron chi connectivity index (χ1n) is 11.0. The third-order valence-electron chi connectivity index (χ3n) is 5.57. The van der Waals surface area contributed by atoms with E-state index in [1.807, 2.05) is 7.05 Å². The van der Waals surface area contributed by atoms with Crippen molar-refractivity contribution in [3.63, 3.8) is 0 Å². The molecule has 3 rings (SSSR count). The second kappa shape index (κ2) is 12.8. The molecule has 0 spiro atoms. The maximum atomic E-state index is 5.83. The lowest BCUT2D eigenvalue weighted by molar-refractivity contribution is -0.0704. The zero-order valence-corrected chi connectivity index (χ0v) is 21.3. The standard InChI is InChI=1S/C23H38N4O2.HI/c1-18-14-27(15-19(2)29-18)16-21-7-5-20(6-8-21)13-25-23(24-3)26(4)11-12-28-17-22-9-10-22;/h5-8,18-19,22H,9-17H2,1-4H3,(H,24,25);1H. The number of nitrogens with zero attached hydrogens (tertiary/aromatic N) is 3. The summed E-state index contributed by atoms with van der Waals surface area (Å²) < 4.78 is 11.6. The van der Waals surface area contributed by atoms with Gasteiger partial charge in [0.1, 0.15) is 0 Å². The van der Waals surface area contributed by atoms with Gasteiger partial charge in [0.2, 0.25) is 0 Å². The monoisotopic (exact) mass is 530 g/mol. The van der Waals surface area contributed by atoms with E-state index in [4.69, 9.17) is 9.47 Å². The van der Waals surface area contributed by atoms with Crippen LogP contribution in [0.25, 0.3) is 0 Å². The molecular weight excluding hydrogens is 491 g/mol. The molecule has 0 amide bonds. The zero-order chi connectivity index (χ0) is 20.6. The third kappa shape index (κ3) is 8.69. The Morgan fingerprint density at radius 3 is 2.40 bits per heavy atom. The number of morpholine rings is 1. The molecule has 170 valence electrons. The largest absolute Gasteiger partial charge is 0.379 e. The topological polar surface area (TPSA) is 49.3 Å². The number of benzene rings is 1.